The number of nitrogens with one attached hydrogen (secondary N) is 1. The maximum Gasteiger partial charge on any atom is 0.0161 e. The van der Waals surface area contributed by atoms with Gasteiger partial charge in [0.15, 0.2) is 0 Å². The summed E-state index contributed by atoms with van der Waals surface area (Å²) < 4.78 is 0. The molecule has 3 fully saturated rings. The van der Waals surface area contributed by atoms with E-state index < -0.39 is 0 Å². The highest BCUT2D eigenvalue weighted by atomic mass is 32.2. The van der Waals surface area contributed by atoms with E-state index in [1.807, 2.05) is 0 Å². The predicted octanol–water partition coefficient (Wildman–Crippen LogP) is 1.57. The van der Waals surface area contributed by atoms with Gasteiger partial charge in [-0.25, -0.2) is 0 Å². The maximum absolute atomic E-state index is 3.94. The molecule has 4 unspecified atom stereocenters. The summed E-state index contributed by atoms with van der Waals surface area (Å²) >= 11 is 2.14. The highest BCUT2D eigenvalue weighted by molar-refractivity contribution is 7.99. The molecule has 0 aromatic rings. The zero-order valence-corrected chi connectivity index (χ0v) is 10.3. The van der Waals surface area contributed by atoms with Crippen LogP contribution in [0.15, 0.2) is 0 Å². The molecule has 4 atom stereocenters. The van der Waals surface area contributed by atoms with Gasteiger partial charge in [0, 0.05) is 24.4 Å². The van der Waals surface area contributed by atoms with Gasteiger partial charge >= 0.3 is 0 Å². The molecule has 3 aliphatic heterocycles. The average molecular weight is 226 g/mol. The fraction of sp³-hybridized carbons (Fsp3) is 1.00. The van der Waals surface area contributed by atoms with Crippen molar-refractivity contribution >= 4 is 11.8 Å². The van der Waals surface area contributed by atoms with E-state index in [9.17, 15) is 0 Å². The first-order valence-electron chi connectivity index (χ1n) is 6.48. The van der Waals surface area contributed by atoms with Gasteiger partial charge < -0.3 is 10.2 Å². The van der Waals surface area contributed by atoms with Crippen molar-refractivity contribution in [3.8, 4) is 0 Å². The summed E-state index contributed by atoms with van der Waals surface area (Å²) in [5.41, 5.74) is 0. The van der Waals surface area contributed by atoms with E-state index in [-0.39, 0.29) is 0 Å². The molecule has 0 saturated carbocycles. The molecular formula is C12H22N2S. The van der Waals surface area contributed by atoms with E-state index in [0.29, 0.717) is 0 Å². The molecule has 0 radical (unpaired) electrons. The minimum Gasteiger partial charge on any atom is -0.310 e. The summed E-state index contributed by atoms with van der Waals surface area (Å²) in [5, 5.41) is 3.94. The van der Waals surface area contributed by atoms with Crippen molar-refractivity contribution in [2.45, 2.75) is 37.8 Å². The Kier molecular flexibility index (Phi) is 3.23. The molecule has 0 aliphatic carbocycles. The molecule has 86 valence electrons. The van der Waals surface area contributed by atoms with E-state index in [2.05, 4.69) is 22.0 Å². The molecule has 3 heteroatoms. The fourth-order valence-electron chi connectivity index (χ4n) is 3.35. The van der Waals surface area contributed by atoms with E-state index >= 15 is 0 Å². The highest BCUT2D eigenvalue weighted by Gasteiger charge is 2.35. The van der Waals surface area contributed by atoms with Crippen molar-refractivity contribution in [1.29, 1.82) is 0 Å². The van der Waals surface area contributed by atoms with Crippen molar-refractivity contribution in [2.24, 2.45) is 5.92 Å². The zero-order valence-electron chi connectivity index (χ0n) is 9.45. The molecule has 15 heavy (non-hydrogen) atoms. The third-order valence-electron chi connectivity index (χ3n) is 4.24. The van der Waals surface area contributed by atoms with E-state index in [1.165, 1.54) is 56.8 Å². The normalized spacial score (nSPS) is 45.6. The van der Waals surface area contributed by atoms with Gasteiger partial charge in [0.25, 0.3) is 0 Å². The number of hydrogen-bond acceptors (Lipinski definition) is 3. The van der Waals surface area contributed by atoms with Crippen molar-refractivity contribution < 1.29 is 0 Å². The minimum absolute atomic E-state index is 0.820. The monoisotopic (exact) mass is 226 g/mol. The molecule has 1 N–H and O–H groups in total. The summed E-state index contributed by atoms with van der Waals surface area (Å²) in [6.45, 7) is 4.08. The van der Waals surface area contributed by atoms with Crippen LogP contribution in [-0.2, 0) is 0 Å². The summed E-state index contributed by atoms with van der Waals surface area (Å²) in [7, 11) is 0. The molecule has 3 aliphatic rings. The van der Waals surface area contributed by atoms with E-state index in [0.717, 1.165) is 18.0 Å². The second-order valence-corrected chi connectivity index (χ2v) is 6.48. The van der Waals surface area contributed by atoms with Crippen LogP contribution in [0.1, 0.15) is 25.7 Å². The lowest BCUT2D eigenvalue weighted by atomic mass is 9.93. The molecule has 2 bridgehead atoms. The summed E-state index contributed by atoms with van der Waals surface area (Å²) in [5.74, 6) is 3.71. The summed E-state index contributed by atoms with van der Waals surface area (Å²) in [6.07, 6.45) is 5.68. The van der Waals surface area contributed by atoms with Crippen molar-refractivity contribution in [2.75, 3.05) is 31.1 Å². The van der Waals surface area contributed by atoms with Crippen LogP contribution in [0.25, 0.3) is 0 Å². The molecule has 3 heterocycles. The quantitative estimate of drug-likeness (QED) is 0.769. The van der Waals surface area contributed by atoms with Gasteiger partial charge in [0.05, 0.1) is 0 Å². The van der Waals surface area contributed by atoms with E-state index in [1.54, 1.807) is 0 Å². The van der Waals surface area contributed by atoms with Crippen molar-refractivity contribution in [3.63, 3.8) is 0 Å². The number of piperidine rings is 1. The Morgan fingerprint density at radius 1 is 1.13 bits per heavy atom. The number of nitrogens with zero attached hydrogens (tertiary/aromatic N) is 1. The summed E-state index contributed by atoms with van der Waals surface area (Å²) in [4.78, 5) is 2.64. The van der Waals surface area contributed by atoms with Crippen LogP contribution < -0.4 is 5.32 Å². The lowest BCUT2D eigenvalue weighted by Crippen LogP contribution is -2.49. The second-order valence-electron chi connectivity index (χ2n) is 5.33. The number of rotatable bonds is 2. The van der Waals surface area contributed by atoms with Gasteiger partial charge in [0.1, 0.15) is 0 Å². The predicted molar refractivity (Wildman–Crippen MR) is 66.4 cm³/mol. The Labute approximate surface area is 97.2 Å². The van der Waals surface area contributed by atoms with Gasteiger partial charge in [-0.3, -0.25) is 0 Å². The fourth-order valence-corrected chi connectivity index (χ4v) is 4.43. The number of thioether (sulfide) groups is 1. The van der Waals surface area contributed by atoms with Crippen LogP contribution in [0.5, 0.6) is 0 Å². The van der Waals surface area contributed by atoms with Crippen LogP contribution in [0.4, 0.5) is 0 Å². The standard InChI is InChI=1S/C12H22N2S/c1-2-11(9-15-7-1)13-12-4-6-14-5-3-10(12)8-14/h10-13H,1-9H2. The molecule has 3 rings (SSSR count). The van der Waals surface area contributed by atoms with Crippen LogP contribution in [-0.4, -0.2) is 48.1 Å². The molecule has 3 saturated heterocycles. The molecule has 2 nitrogen and oxygen atoms in total. The lowest BCUT2D eigenvalue weighted by Gasteiger charge is -2.35. The number of fused-ring (bicyclic) bond motifs is 2. The summed E-state index contributed by atoms with van der Waals surface area (Å²) in [6, 6.07) is 1.66. The second kappa shape index (κ2) is 4.64. The maximum atomic E-state index is 3.94. The third-order valence-corrected chi connectivity index (χ3v) is 5.46. The van der Waals surface area contributed by atoms with Crippen LogP contribution >= 0.6 is 11.8 Å². The zero-order chi connectivity index (χ0) is 10.1. The lowest BCUT2D eigenvalue weighted by molar-refractivity contribution is 0.210. The van der Waals surface area contributed by atoms with Gasteiger partial charge in [-0.15, -0.1) is 0 Å². The van der Waals surface area contributed by atoms with Crippen LogP contribution in [0.2, 0.25) is 0 Å². The third kappa shape index (κ3) is 2.34. The molecule has 0 aromatic heterocycles. The first-order valence-corrected chi connectivity index (χ1v) is 7.63. The van der Waals surface area contributed by atoms with Crippen molar-refractivity contribution in [3.05, 3.63) is 0 Å². The van der Waals surface area contributed by atoms with Crippen LogP contribution in [0, 0.1) is 5.92 Å². The minimum atomic E-state index is 0.820. The van der Waals surface area contributed by atoms with Gasteiger partial charge in [-0.2, -0.15) is 11.8 Å². The Morgan fingerprint density at radius 3 is 2.93 bits per heavy atom. The van der Waals surface area contributed by atoms with Gasteiger partial charge in [0.2, 0.25) is 0 Å². The SMILES string of the molecule is C1CSCC(NC2CCN3CCC2C3)C1. The van der Waals surface area contributed by atoms with Gasteiger partial charge in [-0.05, 0) is 50.4 Å². The molecular weight excluding hydrogens is 204 g/mol. The number of hydrogen-bond donors (Lipinski definition) is 1. The molecule has 0 aromatic carbocycles. The van der Waals surface area contributed by atoms with Crippen molar-refractivity contribution in [1.82, 2.24) is 10.2 Å². The highest BCUT2D eigenvalue weighted by Crippen LogP contribution is 2.28. The Morgan fingerprint density at radius 2 is 2.07 bits per heavy atom. The first kappa shape index (κ1) is 10.4. The largest absolute Gasteiger partial charge is 0.310 e. The van der Waals surface area contributed by atoms with Crippen LogP contribution in [0.3, 0.4) is 0 Å². The Balaban J connectivity index is 1.53. The molecule has 0 spiro atoms. The first-order chi connectivity index (χ1) is 7.42. The smallest absolute Gasteiger partial charge is 0.0161 e. The van der Waals surface area contributed by atoms with E-state index in [4.69, 9.17) is 0 Å². The topological polar surface area (TPSA) is 15.3 Å². The Hall–Kier alpha value is 0.270. The average Bonchev–Trinajstić information content (AvgIpc) is 2.67. The van der Waals surface area contributed by atoms with Gasteiger partial charge in [-0.1, -0.05) is 0 Å². The molecule has 0 amide bonds. The Bertz CT molecular complexity index is 216.